The predicted molar refractivity (Wildman–Crippen MR) is 82.3 cm³/mol. The molecule has 6 heteroatoms. The lowest BCUT2D eigenvalue weighted by atomic mass is 10.1. The van der Waals surface area contributed by atoms with Gasteiger partial charge in [0.25, 0.3) is 0 Å². The summed E-state index contributed by atoms with van der Waals surface area (Å²) in [4.78, 5) is 17.8. The maximum absolute atomic E-state index is 11.2. The summed E-state index contributed by atoms with van der Waals surface area (Å²) in [6.45, 7) is 5.23. The van der Waals surface area contributed by atoms with Crippen LogP contribution in [0.2, 0.25) is 0 Å². The van der Waals surface area contributed by atoms with Gasteiger partial charge in [0.1, 0.15) is 11.4 Å². The first-order valence-electron chi connectivity index (χ1n) is 6.94. The molecule has 1 fully saturated rings. The molecule has 0 spiro atoms. The van der Waals surface area contributed by atoms with Crippen LogP contribution in [0.25, 0.3) is 0 Å². The van der Waals surface area contributed by atoms with Crippen LogP contribution in [0.4, 0.5) is 5.82 Å². The molecule has 0 amide bonds. The van der Waals surface area contributed by atoms with E-state index in [1.165, 1.54) is 19.3 Å². The number of halogens is 1. The van der Waals surface area contributed by atoms with E-state index in [0.717, 1.165) is 19.6 Å². The molecule has 0 bridgehead atoms. The highest BCUT2D eigenvalue weighted by atomic mass is 79.9. The highest BCUT2D eigenvalue weighted by Gasteiger charge is 2.17. The van der Waals surface area contributed by atoms with Crippen LogP contribution in [-0.2, 0) is 0 Å². The highest BCUT2D eigenvalue weighted by Crippen LogP contribution is 2.19. The van der Waals surface area contributed by atoms with Gasteiger partial charge in [-0.05, 0) is 54.9 Å². The monoisotopic (exact) mass is 341 g/mol. The van der Waals surface area contributed by atoms with Crippen LogP contribution < -0.4 is 5.32 Å². The average Bonchev–Trinajstić information content (AvgIpc) is 2.41. The Morgan fingerprint density at radius 2 is 2.20 bits per heavy atom. The van der Waals surface area contributed by atoms with Crippen molar-refractivity contribution in [1.82, 2.24) is 9.88 Å². The molecular weight excluding hydrogens is 322 g/mol. The van der Waals surface area contributed by atoms with Crippen molar-refractivity contribution < 1.29 is 9.90 Å². The normalized spacial score (nSPS) is 17.7. The van der Waals surface area contributed by atoms with Gasteiger partial charge in [0.05, 0.1) is 0 Å². The number of piperidine rings is 1. The van der Waals surface area contributed by atoms with E-state index < -0.39 is 5.97 Å². The summed E-state index contributed by atoms with van der Waals surface area (Å²) in [5.74, 6) is -0.531. The van der Waals surface area contributed by atoms with Gasteiger partial charge in [-0.1, -0.05) is 6.42 Å². The van der Waals surface area contributed by atoms with Crippen molar-refractivity contribution in [3.63, 3.8) is 0 Å². The van der Waals surface area contributed by atoms with Gasteiger partial charge < -0.3 is 15.3 Å². The van der Waals surface area contributed by atoms with E-state index in [-0.39, 0.29) is 11.6 Å². The molecular formula is C14H20BrN3O2. The van der Waals surface area contributed by atoms with Gasteiger partial charge in [0, 0.05) is 23.3 Å². The van der Waals surface area contributed by atoms with E-state index in [1.54, 1.807) is 12.3 Å². The Hall–Kier alpha value is -1.14. The Labute approximate surface area is 127 Å². The SMILES string of the molecule is CC(CN1CCCCC1)Nc1ncc(Br)cc1C(=O)O. The molecule has 1 unspecified atom stereocenters. The third-order valence-electron chi connectivity index (χ3n) is 3.45. The number of nitrogens with zero attached hydrogens (tertiary/aromatic N) is 2. The van der Waals surface area contributed by atoms with Crippen molar-refractivity contribution in [2.24, 2.45) is 0 Å². The molecule has 110 valence electrons. The Morgan fingerprint density at radius 1 is 1.50 bits per heavy atom. The highest BCUT2D eigenvalue weighted by molar-refractivity contribution is 9.10. The quantitative estimate of drug-likeness (QED) is 0.861. The number of carboxylic acids is 1. The van der Waals surface area contributed by atoms with E-state index in [0.29, 0.717) is 10.3 Å². The van der Waals surface area contributed by atoms with Gasteiger partial charge in [-0.25, -0.2) is 9.78 Å². The van der Waals surface area contributed by atoms with Gasteiger partial charge in [-0.3, -0.25) is 0 Å². The number of aromatic nitrogens is 1. The largest absolute Gasteiger partial charge is 0.478 e. The molecule has 0 aliphatic carbocycles. The number of nitrogens with one attached hydrogen (secondary N) is 1. The molecule has 0 saturated carbocycles. The fourth-order valence-electron chi connectivity index (χ4n) is 2.53. The summed E-state index contributed by atoms with van der Waals surface area (Å²) < 4.78 is 0.670. The molecule has 1 atom stereocenters. The predicted octanol–water partition coefficient (Wildman–Crippen LogP) is 2.83. The number of rotatable bonds is 5. The molecule has 1 aliphatic rings. The first kappa shape index (κ1) is 15.3. The second kappa shape index (κ2) is 7.04. The topological polar surface area (TPSA) is 65.5 Å². The summed E-state index contributed by atoms with van der Waals surface area (Å²) >= 11 is 3.25. The first-order valence-corrected chi connectivity index (χ1v) is 7.73. The Kier molecular flexibility index (Phi) is 5.37. The summed E-state index contributed by atoms with van der Waals surface area (Å²) in [5.41, 5.74) is 0.199. The molecule has 0 radical (unpaired) electrons. The zero-order valence-electron chi connectivity index (χ0n) is 11.6. The van der Waals surface area contributed by atoms with Crippen molar-refractivity contribution in [2.75, 3.05) is 25.0 Å². The van der Waals surface area contributed by atoms with Crippen LogP contribution in [0.5, 0.6) is 0 Å². The molecule has 2 N–H and O–H groups in total. The summed E-state index contributed by atoms with van der Waals surface area (Å²) in [5, 5.41) is 12.4. The van der Waals surface area contributed by atoms with E-state index in [9.17, 15) is 9.90 Å². The molecule has 2 rings (SSSR count). The number of aromatic carboxylic acids is 1. The fraction of sp³-hybridized carbons (Fsp3) is 0.571. The van der Waals surface area contributed by atoms with E-state index >= 15 is 0 Å². The van der Waals surface area contributed by atoms with Gasteiger partial charge in [-0.15, -0.1) is 0 Å². The Bertz CT molecular complexity index is 475. The number of carboxylic acid groups (broad SMARTS) is 1. The van der Waals surface area contributed by atoms with E-state index in [4.69, 9.17) is 0 Å². The smallest absolute Gasteiger partial charge is 0.339 e. The van der Waals surface area contributed by atoms with Crippen LogP contribution >= 0.6 is 15.9 Å². The van der Waals surface area contributed by atoms with Crippen molar-refractivity contribution >= 4 is 27.7 Å². The van der Waals surface area contributed by atoms with Crippen molar-refractivity contribution in [1.29, 1.82) is 0 Å². The lowest BCUT2D eigenvalue weighted by Crippen LogP contribution is -2.38. The number of pyridine rings is 1. The fourth-order valence-corrected chi connectivity index (χ4v) is 2.86. The molecule has 1 aliphatic heterocycles. The number of hydrogen-bond acceptors (Lipinski definition) is 4. The lowest BCUT2D eigenvalue weighted by molar-refractivity contribution is 0.0697. The maximum Gasteiger partial charge on any atom is 0.339 e. The van der Waals surface area contributed by atoms with Gasteiger partial charge in [0.2, 0.25) is 0 Å². The van der Waals surface area contributed by atoms with Crippen molar-refractivity contribution in [3.8, 4) is 0 Å². The maximum atomic E-state index is 11.2. The van der Waals surface area contributed by atoms with Gasteiger partial charge in [-0.2, -0.15) is 0 Å². The summed E-state index contributed by atoms with van der Waals surface area (Å²) in [6.07, 6.45) is 5.44. The second-order valence-electron chi connectivity index (χ2n) is 5.26. The number of carbonyl (C=O) groups is 1. The van der Waals surface area contributed by atoms with Crippen LogP contribution in [0, 0.1) is 0 Å². The van der Waals surface area contributed by atoms with Crippen LogP contribution in [0.3, 0.4) is 0 Å². The van der Waals surface area contributed by atoms with Crippen molar-refractivity contribution in [2.45, 2.75) is 32.2 Å². The first-order chi connectivity index (χ1) is 9.56. The summed E-state index contributed by atoms with van der Waals surface area (Å²) in [7, 11) is 0. The molecule has 2 heterocycles. The molecule has 1 aromatic rings. The lowest BCUT2D eigenvalue weighted by Gasteiger charge is -2.29. The average molecular weight is 342 g/mol. The molecule has 1 aromatic heterocycles. The van der Waals surface area contributed by atoms with Gasteiger partial charge in [0.15, 0.2) is 0 Å². The number of likely N-dealkylation sites (tertiary alicyclic amines) is 1. The molecule has 5 nitrogen and oxygen atoms in total. The summed E-state index contributed by atoms with van der Waals surface area (Å²) in [6, 6.07) is 1.74. The minimum atomic E-state index is -0.966. The van der Waals surface area contributed by atoms with Gasteiger partial charge >= 0.3 is 5.97 Å². The third-order valence-corrected chi connectivity index (χ3v) is 3.88. The standard InChI is InChI=1S/C14H20BrN3O2/c1-10(9-18-5-3-2-4-6-18)17-13-12(14(19)20)7-11(15)8-16-13/h7-8,10H,2-6,9H2,1H3,(H,16,17)(H,19,20). The Balaban J connectivity index is 1.99. The molecule has 20 heavy (non-hydrogen) atoms. The van der Waals surface area contributed by atoms with E-state index in [1.807, 2.05) is 0 Å². The van der Waals surface area contributed by atoms with Crippen LogP contribution in [0.1, 0.15) is 36.5 Å². The Morgan fingerprint density at radius 3 is 2.85 bits per heavy atom. The van der Waals surface area contributed by atoms with Crippen molar-refractivity contribution in [3.05, 3.63) is 22.3 Å². The zero-order valence-corrected chi connectivity index (χ0v) is 13.2. The van der Waals surface area contributed by atoms with E-state index in [2.05, 4.69) is 38.1 Å². The molecule has 1 saturated heterocycles. The number of anilines is 1. The number of hydrogen-bond donors (Lipinski definition) is 2. The zero-order chi connectivity index (χ0) is 14.5. The second-order valence-corrected chi connectivity index (χ2v) is 6.18. The third kappa shape index (κ3) is 4.18. The minimum absolute atomic E-state index is 0.167. The minimum Gasteiger partial charge on any atom is -0.478 e. The van der Waals surface area contributed by atoms with Crippen LogP contribution in [-0.4, -0.2) is 46.6 Å². The molecule has 0 aromatic carbocycles. The van der Waals surface area contributed by atoms with Crippen LogP contribution in [0.15, 0.2) is 16.7 Å².